The lowest BCUT2D eigenvalue weighted by molar-refractivity contribution is -0.139. The maximum atomic E-state index is 10.8. The summed E-state index contributed by atoms with van der Waals surface area (Å²) in [5.41, 5.74) is 0.766. The first-order valence-electron chi connectivity index (χ1n) is 3.25. The zero-order chi connectivity index (χ0) is 8.97. The number of carbonyl (C=O) groups is 1. The van der Waals surface area contributed by atoms with Crippen LogP contribution in [0, 0.1) is 3.83 Å². The molecule has 0 spiro atoms. The van der Waals surface area contributed by atoms with E-state index in [1.54, 1.807) is 12.4 Å². The fraction of sp³-hybridized carbons (Fsp3) is 0.286. The molecule has 0 bridgehead atoms. The third-order valence-electron chi connectivity index (χ3n) is 1.25. The van der Waals surface area contributed by atoms with Crippen LogP contribution in [0.2, 0.25) is 0 Å². The minimum Gasteiger partial charge on any atom is -0.469 e. The first kappa shape index (κ1) is 9.37. The molecule has 1 aromatic heterocycles. The van der Waals surface area contributed by atoms with Crippen molar-refractivity contribution in [2.75, 3.05) is 7.11 Å². The Hall–Kier alpha value is -0.720. The molecule has 4 nitrogen and oxygen atoms in total. The Morgan fingerprint density at radius 2 is 2.17 bits per heavy atom. The maximum Gasteiger partial charge on any atom is 0.310 e. The summed E-state index contributed by atoms with van der Waals surface area (Å²) in [7, 11) is 1.36. The van der Waals surface area contributed by atoms with Crippen LogP contribution < -0.4 is 0 Å². The Labute approximate surface area is 83.5 Å². The SMILES string of the molecule is COC(=O)Cc1cnc(I)nc1. The average Bonchev–Trinajstić information content (AvgIpc) is 2.09. The first-order chi connectivity index (χ1) is 5.72. The van der Waals surface area contributed by atoms with Gasteiger partial charge in [-0.15, -0.1) is 0 Å². The zero-order valence-corrected chi connectivity index (χ0v) is 8.61. The van der Waals surface area contributed by atoms with Crippen LogP contribution in [0.5, 0.6) is 0 Å². The van der Waals surface area contributed by atoms with E-state index in [0.29, 0.717) is 3.83 Å². The van der Waals surface area contributed by atoms with Crippen molar-refractivity contribution < 1.29 is 9.53 Å². The number of halogens is 1. The van der Waals surface area contributed by atoms with Gasteiger partial charge in [0.2, 0.25) is 0 Å². The monoisotopic (exact) mass is 278 g/mol. The van der Waals surface area contributed by atoms with E-state index in [1.807, 2.05) is 22.6 Å². The van der Waals surface area contributed by atoms with Gasteiger partial charge in [-0.05, 0) is 5.56 Å². The number of hydrogen-bond acceptors (Lipinski definition) is 4. The van der Waals surface area contributed by atoms with Crippen LogP contribution in [0.25, 0.3) is 0 Å². The molecule has 1 rings (SSSR count). The third kappa shape index (κ3) is 2.72. The topological polar surface area (TPSA) is 52.1 Å². The van der Waals surface area contributed by atoms with Crippen molar-refractivity contribution >= 4 is 28.6 Å². The molecule has 1 aromatic rings. The molecule has 0 N–H and O–H groups in total. The van der Waals surface area contributed by atoms with E-state index in [9.17, 15) is 4.79 Å². The summed E-state index contributed by atoms with van der Waals surface area (Å²) in [6, 6.07) is 0. The smallest absolute Gasteiger partial charge is 0.310 e. The highest BCUT2D eigenvalue weighted by Crippen LogP contribution is 2.00. The molecule has 0 amide bonds. The highest BCUT2D eigenvalue weighted by atomic mass is 127. The predicted molar refractivity (Wildman–Crippen MR) is 50.5 cm³/mol. The minimum absolute atomic E-state index is 0.230. The largest absolute Gasteiger partial charge is 0.469 e. The summed E-state index contributed by atoms with van der Waals surface area (Å²) in [5, 5.41) is 0. The molecule has 0 atom stereocenters. The Morgan fingerprint density at radius 1 is 1.58 bits per heavy atom. The van der Waals surface area contributed by atoms with Gasteiger partial charge in [-0.2, -0.15) is 0 Å². The normalized spacial score (nSPS) is 9.50. The van der Waals surface area contributed by atoms with Gasteiger partial charge in [-0.1, -0.05) is 0 Å². The molecule has 5 heteroatoms. The lowest BCUT2D eigenvalue weighted by Crippen LogP contribution is -2.05. The molecule has 64 valence electrons. The number of aromatic nitrogens is 2. The molecule has 0 unspecified atom stereocenters. The fourth-order valence-electron chi connectivity index (χ4n) is 0.669. The summed E-state index contributed by atoms with van der Waals surface area (Å²) in [4.78, 5) is 18.7. The second kappa shape index (κ2) is 4.34. The standard InChI is InChI=1S/C7H7IN2O2/c1-12-6(11)2-5-3-9-7(8)10-4-5/h3-4H,2H2,1H3. The number of methoxy groups -OCH3 is 1. The summed E-state index contributed by atoms with van der Waals surface area (Å²) in [6.07, 6.45) is 3.46. The van der Waals surface area contributed by atoms with Crippen LogP contribution in [-0.4, -0.2) is 23.0 Å². The molecular formula is C7H7IN2O2. The second-order valence-electron chi connectivity index (χ2n) is 2.11. The molecule has 12 heavy (non-hydrogen) atoms. The van der Waals surface area contributed by atoms with Gasteiger partial charge in [-0.3, -0.25) is 4.79 Å². The summed E-state index contributed by atoms with van der Waals surface area (Å²) in [5.74, 6) is -0.278. The van der Waals surface area contributed by atoms with E-state index in [4.69, 9.17) is 0 Å². The van der Waals surface area contributed by atoms with E-state index >= 15 is 0 Å². The molecular weight excluding hydrogens is 271 g/mol. The fourth-order valence-corrected chi connectivity index (χ4v) is 0.948. The molecule has 0 aliphatic carbocycles. The van der Waals surface area contributed by atoms with Crippen LogP contribution >= 0.6 is 22.6 Å². The predicted octanol–water partition coefficient (Wildman–Crippen LogP) is 0.797. The molecule has 0 saturated carbocycles. The third-order valence-corrected chi connectivity index (χ3v) is 1.81. The number of esters is 1. The highest BCUT2D eigenvalue weighted by Gasteiger charge is 2.02. The van der Waals surface area contributed by atoms with Gasteiger partial charge < -0.3 is 4.74 Å². The Kier molecular flexibility index (Phi) is 3.39. The lowest BCUT2D eigenvalue weighted by atomic mass is 10.2. The van der Waals surface area contributed by atoms with Crippen LogP contribution in [0.3, 0.4) is 0 Å². The van der Waals surface area contributed by atoms with Crippen molar-refractivity contribution in [2.45, 2.75) is 6.42 Å². The van der Waals surface area contributed by atoms with E-state index in [2.05, 4.69) is 14.7 Å². The van der Waals surface area contributed by atoms with E-state index in [-0.39, 0.29) is 12.4 Å². The minimum atomic E-state index is -0.278. The van der Waals surface area contributed by atoms with Gasteiger partial charge in [0.05, 0.1) is 13.5 Å². The summed E-state index contributed by atoms with van der Waals surface area (Å²) in [6.45, 7) is 0. The number of ether oxygens (including phenoxy) is 1. The van der Waals surface area contributed by atoms with Crippen molar-refractivity contribution in [2.24, 2.45) is 0 Å². The van der Waals surface area contributed by atoms with E-state index in [0.717, 1.165) is 5.56 Å². The average molecular weight is 278 g/mol. The van der Waals surface area contributed by atoms with E-state index in [1.165, 1.54) is 7.11 Å². The zero-order valence-electron chi connectivity index (χ0n) is 6.45. The number of hydrogen-bond donors (Lipinski definition) is 0. The number of carbonyl (C=O) groups excluding carboxylic acids is 1. The van der Waals surface area contributed by atoms with Crippen molar-refractivity contribution in [1.82, 2.24) is 9.97 Å². The van der Waals surface area contributed by atoms with Crippen LogP contribution in [-0.2, 0) is 16.0 Å². The lowest BCUT2D eigenvalue weighted by Gasteiger charge is -1.97. The van der Waals surface area contributed by atoms with Crippen molar-refractivity contribution in [1.29, 1.82) is 0 Å². The molecule has 0 aliphatic heterocycles. The summed E-state index contributed by atoms with van der Waals surface area (Å²) < 4.78 is 5.16. The molecule has 1 heterocycles. The Bertz CT molecular complexity index is 273. The van der Waals surface area contributed by atoms with Gasteiger partial charge in [0.25, 0.3) is 0 Å². The quantitative estimate of drug-likeness (QED) is 0.456. The van der Waals surface area contributed by atoms with Crippen LogP contribution in [0.4, 0.5) is 0 Å². The Balaban J connectivity index is 2.64. The van der Waals surface area contributed by atoms with Crippen molar-refractivity contribution in [3.05, 3.63) is 21.8 Å². The van der Waals surface area contributed by atoms with Gasteiger partial charge in [-0.25, -0.2) is 9.97 Å². The van der Waals surface area contributed by atoms with E-state index < -0.39 is 0 Å². The molecule has 0 fully saturated rings. The first-order valence-corrected chi connectivity index (χ1v) is 4.33. The van der Waals surface area contributed by atoms with Crippen LogP contribution in [0.15, 0.2) is 12.4 Å². The van der Waals surface area contributed by atoms with Crippen molar-refractivity contribution in [3.8, 4) is 0 Å². The molecule has 0 aliphatic rings. The summed E-state index contributed by atoms with van der Waals surface area (Å²) >= 11 is 2.00. The molecule has 0 aromatic carbocycles. The van der Waals surface area contributed by atoms with Crippen LogP contribution in [0.1, 0.15) is 5.56 Å². The van der Waals surface area contributed by atoms with Gasteiger partial charge in [0.15, 0.2) is 3.83 Å². The van der Waals surface area contributed by atoms with Gasteiger partial charge in [0.1, 0.15) is 0 Å². The van der Waals surface area contributed by atoms with Gasteiger partial charge in [0, 0.05) is 35.0 Å². The number of nitrogens with zero attached hydrogens (tertiary/aromatic N) is 2. The highest BCUT2D eigenvalue weighted by molar-refractivity contribution is 14.1. The van der Waals surface area contributed by atoms with Crippen molar-refractivity contribution in [3.63, 3.8) is 0 Å². The molecule has 0 saturated heterocycles. The Morgan fingerprint density at radius 3 is 2.67 bits per heavy atom. The second-order valence-corrected chi connectivity index (χ2v) is 3.08. The molecule has 0 radical (unpaired) electrons. The maximum absolute atomic E-state index is 10.8. The van der Waals surface area contributed by atoms with Gasteiger partial charge >= 0.3 is 5.97 Å². The number of rotatable bonds is 2.